The molecule has 0 spiro atoms. The zero-order valence-electron chi connectivity index (χ0n) is 7.40. The Kier molecular flexibility index (Phi) is 2.16. The molecular weight excluding hydrogens is 172 g/mol. The molecule has 64 valence electrons. The number of halogens is 1. The minimum Gasteiger partial charge on any atom is -0.348 e. The lowest BCUT2D eigenvalue weighted by Gasteiger charge is -2.15. The molecule has 2 nitrogen and oxygen atoms in total. The first-order valence-corrected chi connectivity index (χ1v) is 4.12. The molecule has 0 aromatic carbocycles. The number of nitrogens with one attached hydrogen (secondary N) is 1. The van der Waals surface area contributed by atoms with Crippen molar-refractivity contribution in [2.45, 2.75) is 26.2 Å². The van der Waals surface area contributed by atoms with E-state index in [9.17, 15) is 0 Å². The number of hydrogen-bond donors (Lipinski definition) is 1. The van der Waals surface area contributed by atoms with Gasteiger partial charge < -0.3 is 4.98 Å². The van der Waals surface area contributed by atoms with E-state index in [1.54, 1.807) is 6.07 Å². The first-order chi connectivity index (χ1) is 5.45. The van der Waals surface area contributed by atoms with E-state index >= 15 is 0 Å². The zero-order valence-corrected chi connectivity index (χ0v) is 8.16. The smallest absolute Gasteiger partial charge is 0.124 e. The largest absolute Gasteiger partial charge is 0.348 e. The molecule has 0 aliphatic heterocycles. The second-order valence-electron chi connectivity index (χ2n) is 3.77. The maximum Gasteiger partial charge on any atom is 0.124 e. The normalized spacial score (nSPS) is 11.2. The van der Waals surface area contributed by atoms with Gasteiger partial charge in [0.1, 0.15) is 11.2 Å². The van der Waals surface area contributed by atoms with Gasteiger partial charge in [-0.15, -0.1) is 0 Å². The molecule has 1 aromatic heterocycles. The number of rotatable bonds is 0. The molecule has 1 aromatic rings. The van der Waals surface area contributed by atoms with Gasteiger partial charge >= 0.3 is 0 Å². The van der Waals surface area contributed by atoms with E-state index in [4.69, 9.17) is 16.9 Å². The van der Waals surface area contributed by atoms with Gasteiger partial charge in [0.05, 0.1) is 5.56 Å². The Bertz CT molecular complexity index is 325. The molecule has 3 heteroatoms. The Labute approximate surface area is 77.2 Å². The van der Waals surface area contributed by atoms with Crippen molar-refractivity contribution in [2.75, 3.05) is 0 Å². The fourth-order valence-electron chi connectivity index (χ4n) is 0.915. The second-order valence-corrected chi connectivity index (χ2v) is 4.15. The third kappa shape index (κ3) is 1.62. The Morgan fingerprint density at radius 3 is 2.33 bits per heavy atom. The van der Waals surface area contributed by atoms with Crippen LogP contribution >= 0.6 is 11.6 Å². The van der Waals surface area contributed by atoms with Gasteiger partial charge in [-0.2, -0.15) is 5.26 Å². The lowest BCUT2D eigenvalue weighted by atomic mass is 9.92. The molecule has 0 saturated carbocycles. The molecule has 0 fully saturated rings. The number of hydrogen-bond acceptors (Lipinski definition) is 1. The van der Waals surface area contributed by atoms with Crippen LogP contribution in [0.25, 0.3) is 0 Å². The van der Waals surface area contributed by atoms with E-state index in [0.717, 1.165) is 5.69 Å². The number of nitrogens with zero attached hydrogens (tertiary/aromatic N) is 1. The molecule has 0 atom stereocenters. The number of aromatic nitrogens is 1. The van der Waals surface area contributed by atoms with Crippen LogP contribution in [0.3, 0.4) is 0 Å². The summed E-state index contributed by atoms with van der Waals surface area (Å²) in [5.41, 5.74) is 1.52. The standard InChI is InChI=1S/C9H11ClN2/c1-9(2,3)7-4-6(5-11)8(10)12-7/h4,12H,1-3H3. The van der Waals surface area contributed by atoms with Crippen LogP contribution in [0, 0.1) is 11.3 Å². The predicted molar refractivity (Wildman–Crippen MR) is 49.2 cm³/mol. The maximum absolute atomic E-state index is 8.64. The molecular formula is C9H11ClN2. The van der Waals surface area contributed by atoms with Gasteiger partial charge in [-0.05, 0) is 6.07 Å². The Morgan fingerprint density at radius 2 is 2.08 bits per heavy atom. The first-order valence-electron chi connectivity index (χ1n) is 3.74. The van der Waals surface area contributed by atoms with Crippen molar-refractivity contribution in [1.82, 2.24) is 4.98 Å². The molecule has 12 heavy (non-hydrogen) atoms. The summed E-state index contributed by atoms with van der Waals surface area (Å²) in [5, 5.41) is 9.08. The van der Waals surface area contributed by atoms with E-state index < -0.39 is 0 Å². The second kappa shape index (κ2) is 2.84. The summed E-state index contributed by atoms with van der Waals surface area (Å²) in [7, 11) is 0. The van der Waals surface area contributed by atoms with Crippen LogP contribution in [0.2, 0.25) is 5.15 Å². The molecule has 1 rings (SSSR count). The van der Waals surface area contributed by atoms with Crippen molar-refractivity contribution in [3.63, 3.8) is 0 Å². The highest BCUT2D eigenvalue weighted by Crippen LogP contribution is 2.25. The van der Waals surface area contributed by atoms with E-state index in [0.29, 0.717) is 10.7 Å². The quantitative estimate of drug-likeness (QED) is 0.659. The third-order valence-electron chi connectivity index (χ3n) is 1.70. The van der Waals surface area contributed by atoms with Crippen molar-refractivity contribution in [1.29, 1.82) is 5.26 Å². The summed E-state index contributed by atoms with van der Waals surface area (Å²) in [6, 6.07) is 3.82. The number of aromatic amines is 1. The molecule has 0 bridgehead atoms. The molecule has 1 N–H and O–H groups in total. The SMILES string of the molecule is CC(C)(C)c1cc(C#N)c(Cl)[nH]1. The number of H-pyrrole nitrogens is 1. The minimum atomic E-state index is 0.0126. The maximum atomic E-state index is 8.64. The highest BCUT2D eigenvalue weighted by atomic mass is 35.5. The Balaban J connectivity index is 3.16. The van der Waals surface area contributed by atoms with Crippen LogP contribution in [0.4, 0.5) is 0 Å². The summed E-state index contributed by atoms with van der Waals surface area (Å²) < 4.78 is 0. The van der Waals surface area contributed by atoms with Gasteiger partial charge in [0, 0.05) is 11.1 Å². The average molecular weight is 183 g/mol. The Morgan fingerprint density at radius 1 is 1.50 bits per heavy atom. The predicted octanol–water partition coefficient (Wildman–Crippen LogP) is 2.84. The molecule has 0 aliphatic carbocycles. The van der Waals surface area contributed by atoms with E-state index in [-0.39, 0.29) is 5.41 Å². The fraction of sp³-hybridized carbons (Fsp3) is 0.444. The van der Waals surface area contributed by atoms with Gasteiger partial charge in [0.15, 0.2) is 0 Å². The monoisotopic (exact) mass is 182 g/mol. The minimum absolute atomic E-state index is 0.0126. The van der Waals surface area contributed by atoms with Gasteiger partial charge in [-0.25, -0.2) is 0 Å². The molecule has 0 amide bonds. The van der Waals surface area contributed by atoms with Crippen molar-refractivity contribution in [3.8, 4) is 6.07 Å². The fourth-order valence-corrected chi connectivity index (χ4v) is 1.11. The number of nitriles is 1. The zero-order chi connectivity index (χ0) is 9.35. The summed E-state index contributed by atoms with van der Waals surface area (Å²) in [6.07, 6.45) is 0. The van der Waals surface area contributed by atoms with Gasteiger partial charge in [-0.3, -0.25) is 0 Å². The molecule has 0 radical (unpaired) electrons. The summed E-state index contributed by atoms with van der Waals surface area (Å²) in [5.74, 6) is 0. The third-order valence-corrected chi connectivity index (χ3v) is 2.00. The lowest BCUT2D eigenvalue weighted by Crippen LogP contribution is -2.11. The van der Waals surface area contributed by atoms with Gasteiger partial charge in [-0.1, -0.05) is 32.4 Å². The topological polar surface area (TPSA) is 39.6 Å². The average Bonchev–Trinajstić information content (AvgIpc) is 2.29. The first kappa shape index (κ1) is 9.15. The van der Waals surface area contributed by atoms with Crippen molar-refractivity contribution in [2.24, 2.45) is 0 Å². The van der Waals surface area contributed by atoms with Crippen molar-refractivity contribution in [3.05, 3.63) is 22.5 Å². The molecule has 0 aliphatic rings. The van der Waals surface area contributed by atoms with Crippen LogP contribution in [-0.4, -0.2) is 4.98 Å². The van der Waals surface area contributed by atoms with Crippen LogP contribution in [0.1, 0.15) is 32.0 Å². The van der Waals surface area contributed by atoms with Crippen molar-refractivity contribution < 1.29 is 0 Å². The van der Waals surface area contributed by atoms with Crippen LogP contribution < -0.4 is 0 Å². The van der Waals surface area contributed by atoms with E-state index in [1.165, 1.54) is 0 Å². The van der Waals surface area contributed by atoms with Gasteiger partial charge in [0.2, 0.25) is 0 Å². The summed E-state index contributed by atoms with van der Waals surface area (Å²) >= 11 is 5.77. The van der Waals surface area contributed by atoms with E-state index in [1.807, 2.05) is 6.07 Å². The highest BCUT2D eigenvalue weighted by Gasteiger charge is 2.17. The van der Waals surface area contributed by atoms with Crippen LogP contribution in [-0.2, 0) is 5.41 Å². The van der Waals surface area contributed by atoms with Gasteiger partial charge in [0.25, 0.3) is 0 Å². The van der Waals surface area contributed by atoms with Crippen molar-refractivity contribution >= 4 is 11.6 Å². The molecule has 1 heterocycles. The summed E-state index contributed by atoms with van der Waals surface area (Å²) in [6.45, 7) is 6.20. The van der Waals surface area contributed by atoms with E-state index in [2.05, 4.69) is 25.8 Å². The molecule has 0 saturated heterocycles. The molecule has 0 unspecified atom stereocenters. The lowest BCUT2D eigenvalue weighted by molar-refractivity contribution is 0.573. The van der Waals surface area contributed by atoms with Crippen LogP contribution in [0.5, 0.6) is 0 Å². The summed E-state index contributed by atoms with van der Waals surface area (Å²) in [4.78, 5) is 2.98. The highest BCUT2D eigenvalue weighted by molar-refractivity contribution is 6.30. The Hall–Kier alpha value is -0.940. The van der Waals surface area contributed by atoms with Crippen LogP contribution in [0.15, 0.2) is 6.07 Å².